The summed E-state index contributed by atoms with van der Waals surface area (Å²) < 4.78 is 16.0. The van der Waals surface area contributed by atoms with Crippen molar-refractivity contribution in [3.8, 4) is 17.2 Å². The van der Waals surface area contributed by atoms with E-state index >= 15 is 0 Å². The predicted octanol–water partition coefficient (Wildman–Crippen LogP) is 2.69. The molecular weight excluding hydrogens is 426 g/mol. The first-order valence-electron chi connectivity index (χ1n) is 10.9. The fraction of sp³-hybridized carbons (Fsp3) is 0.375. The minimum Gasteiger partial charge on any atom is -0.497 e. The zero-order valence-corrected chi connectivity index (χ0v) is 18.8. The molecular formula is C24H27N3O6. The van der Waals surface area contributed by atoms with E-state index in [1.54, 1.807) is 41.3 Å². The van der Waals surface area contributed by atoms with Gasteiger partial charge in [0, 0.05) is 30.4 Å². The Hall–Kier alpha value is -3.75. The Morgan fingerprint density at radius 1 is 1.00 bits per heavy atom. The molecule has 2 aromatic carbocycles. The van der Waals surface area contributed by atoms with Gasteiger partial charge in [-0.3, -0.25) is 19.3 Å². The highest BCUT2D eigenvalue weighted by Gasteiger charge is 2.30. The molecule has 1 N–H and O–H groups in total. The molecule has 2 aromatic rings. The molecule has 0 saturated carbocycles. The number of rotatable bonds is 6. The lowest BCUT2D eigenvalue weighted by Crippen LogP contribution is -2.47. The quantitative estimate of drug-likeness (QED) is 0.722. The molecule has 4 rings (SSSR count). The standard InChI is InChI=1S/C24H27N3O6/c1-31-18-10-16(11-19(13-18)32-2)24(30)25-17-6-7-21-20(12-17)27(23(29)15-33-21)14-22(28)26-8-4-3-5-9-26/h6-7,10-13H,3-5,8-9,14-15H2,1-2H3,(H,25,30). The molecule has 1 fully saturated rings. The second kappa shape index (κ2) is 9.81. The van der Waals surface area contributed by atoms with Crippen LogP contribution < -0.4 is 24.4 Å². The number of carbonyl (C=O) groups excluding carboxylic acids is 3. The number of benzene rings is 2. The van der Waals surface area contributed by atoms with Crippen LogP contribution in [0.25, 0.3) is 0 Å². The molecule has 33 heavy (non-hydrogen) atoms. The highest BCUT2D eigenvalue weighted by molar-refractivity contribution is 6.06. The highest BCUT2D eigenvalue weighted by atomic mass is 16.5. The first kappa shape index (κ1) is 22.4. The van der Waals surface area contributed by atoms with Gasteiger partial charge in [-0.1, -0.05) is 0 Å². The first-order valence-corrected chi connectivity index (χ1v) is 10.9. The number of carbonyl (C=O) groups is 3. The maximum absolute atomic E-state index is 12.9. The number of methoxy groups -OCH3 is 2. The molecule has 0 radical (unpaired) electrons. The molecule has 0 bridgehead atoms. The molecule has 2 aliphatic heterocycles. The van der Waals surface area contributed by atoms with Crippen molar-refractivity contribution in [3.63, 3.8) is 0 Å². The van der Waals surface area contributed by atoms with Gasteiger partial charge >= 0.3 is 0 Å². The summed E-state index contributed by atoms with van der Waals surface area (Å²) in [5, 5.41) is 2.82. The number of amides is 3. The van der Waals surface area contributed by atoms with Gasteiger partial charge in [-0.05, 0) is 49.6 Å². The summed E-state index contributed by atoms with van der Waals surface area (Å²) in [6.07, 6.45) is 3.07. The van der Waals surface area contributed by atoms with E-state index in [0.29, 0.717) is 47.3 Å². The molecule has 0 atom stereocenters. The fourth-order valence-electron chi connectivity index (χ4n) is 3.97. The maximum atomic E-state index is 12.9. The Balaban J connectivity index is 1.54. The molecule has 9 nitrogen and oxygen atoms in total. The lowest BCUT2D eigenvalue weighted by Gasteiger charge is -2.33. The van der Waals surface area contributed by atoms with E-state index in [1.165, 1.54) is 19.1 Å². The molecule has 2 heterocycles. The number of fused-ring (bicyclic) bond motifs is 1. The third kappa shape index (κ3) is 5.02. The van der Waals surface area contributed by atoms with Gasteiger partial charge in [-0.25, -0.2) is 0 Å². The van der Waals surface area contributed by atoms with Gasteiger partial charge in [0.15, 0.2) is 6.61 Å². The third-order valence-electron chi connectivity index (χ3n) is 5.78. The summed E-state index contributed by atoms with van der Waals surface area (Å²) in [5.41, 5.74) is 1.28. The molecule has 3 amide bonds. The second-order valence-electron chi connectivity index (χ2n) is 7.95. The Morgan fingerprint density at radius 2 is 1.70 bits per heavy atom. The van der Waals surface area contributed by atoms with Crippen LogP contribution in [0.5, 0.6) is 17.2 Å². The smallest absolute Gasteiger partial charge is 0.265 e. The fourth-order valence-corrected chi connectivity index (χ4v) is 3.97. The summed E-state index contributed by atoms with van der Waals surface area (Å²) in [5.74, 6) is 0.716. The molecule has 2 aliphatic rings. The van der Waals surface area contributed by atoms with Crippen molar-refractivity contribution in [2.24, 2.45) is 0 Å². The van der Waals surface area contributed by atoms with Crippen molar-refractivity contribution in [2.45, 2.75) is 19.3 Å². The topological polar surface area (TPSA) is 97.4 Å². The van der Waals surface area contributed by atoms with Crippen LogP contribution in [0, 0.1) is 0 Å². The van der Waals surface area contributed by atoms with Crippen LogP contribution in [-0.2, 0) is 9.59 Å². The summed E-state index contributed by atoms with van der Waals surface area (Å²) in [4.78, 5) is 41.5. The largest absolute Gasteiger partial charge is 0.497 e. The first-order chi connectivity index (χ1) is 16.0. The van der Waals surface area contributed by atoms with Crippen LogP contribution >= 0.6 is 0 Å². The lowest BCUT2D eigenvalue weighted by atomic mass is 10.1. The molecule has 0 spiro atoms. The van der Waals surface area contributed by atoms with E-state index in [4.69, 9.17) is 14.2 Å². The predicted molar refractivity (Wildman–Crippen MR) is 122 cm³/mol. The SMILES string of the molecule is COc1cc(OC)cc(C(=O)Nc2ccc3c(c2)N(CC(=O)N2CCCCC2)C(=O)CO3)c1. The summed E-state index contributed by atoms with van der Waals surface area (Å²) >= 11 is 0. The molecule has 0 aliphatic carbocycles. The Bertz CT molecular complexity index is 1040. The van der Waals surface area contributed by atoms with Crippen LogP contribution in [0.3, 0.4) is 0 Å². The van der Waals surface area contributed by atoms with E-state index in [-0.39, 0.29) is 30.9 Å². The van der Waals surface area contributed by atoms with Crippen molar-refractivity contribution in [1.82, 2.24) is 4.90 Å². The number of nitrogens with zero attached hydrogens (tertiary/aromatic N) is 2. The summed E-state index contributed by atoms with van der Waals surface area (Å²) in [7, 11) is 3.02. The number of piperidine rings is 1. The molecule has 0 aromatic heterocycles. The van der Waals surface area contributed by atoms with E-state index in [9.17, 15) is 14.4 Å². The normalized spacial score (nSPS) is 15.4. The van der Waals surface area contributed by atoms with Crippen molar-refractivity contribution in [2.75, 3.05) is 50.7 Å². The third-order valence-corrected chi connectivity index (χ3v) is 5.78. The van der Waals surface area contributed by atoms with Crippen LogP contribution in [-0.4, -0.2) is 63.1 Å². The average molecular weight is 453 g/mol. The minimum absolute atomic E-state index is 0.0559. The minimum atomic E-state index is -0.369. The average Bonchev–Trinajstić information content (AvgIpc) is 2.85. The van der Waals surface area contributed by atoms with Gasteiger partial charge in [0.2, 0.25) is 5.91 Å². The number of hydrogen-bond donors (Lipinski definition) is 1. The van der Waals surface area contributed by atoms with Gasteiger partial charge in [-0.2, -0.15) is 0 Å². The monoisotopic (exact) mass is 453 g/mol. The van der Waals surface area contributed by atoms with E-state index in [2.05, 4.69) is 5.32 Å². The number of anilines is 2. The van der Waals surface area contributed by atoms with Crippen molar-refractivity contribution < 1.29 is 28.6 Å². The zero-order valence-electron chi connectivity index (χ0n) is 18.8. The Morgan fingerprint density at radius 3 is 2.36 bits per heavy atom. The second-order valence-corrected chi connectivity index (χ2v) is 7.95. The van der Waals surface area contributed by atoms with Gasteiger partial charge in [0.05, 0.1) is 19.9 Å². The zero-order chi connectivity index (χ0) is 23.4. The van der Waals surface area contributed by atoms with Gasteiger partial charge < -0.3 is 24.4 Å². The Labute approximate surface area is 192 Å². The van der Waals surface area contributed by atoms with E-state index < -0.39 is 0 Å². The van der Waals surface area contributed by atoms with Crippen LogP contribution in [0.1, 0.15) is 29.6 Å². The number of likely N-dealkylation sites (tertiary alicyclic amines) is 1. The van der Waals surface area contributed by atoms with Crippen LogP contribution in [0.15, 0.2) is 36.4 Å². The number of ether oxygens (including phenoxy) is 3. The molecule has 0 unspecified atom stereocenters. The van der Waals surface area contributed by atoms with Crippen LogP contribution in [0.2, 0.25) is 0 Å². The number of nitrogens with one attached hydrogen (secondary N) is 1. The molecule has 174 valence electrons. The van der Waals surface area contributed by atoms with Crippen molar-refractivity contribution in [1.29, 1.82) is 0 Å². The lowest BCUT2D eigenvalue weighted by molar-refractivity contribution is -0.132. The molecule has 1 saturated heterocycles. The van der Waals surface area contributed by atoms with Gasteiger partial charge in [0.1, 0.15) is 23.8 Å². The molecule has 9 heteroatoms. The number of hydrogen-bond acceptors (Lipinski definition) is 6. The Kier molecular flexibility index (Phi) is 6.67. The van der Waals surface area contributed by atoms with Crippen molar-refractivity contribution >= 4 is 29.1 Å². The van der Waals surface area contributed by atoms with Gasteiger partial charge in [-0.15, -0.1) is 0 Å². The van der Waals surface area contributed by atoms with Crippen molar-refractivity contribution in [3.05, 3.63) is 42.0 Å². The van der Waals surface area contributed by atoms with Crippen LogP contribution in [0.4, 0.5) is 11.4 Å². The summed E-state index contributed by atoms with van der Waals surface area (Å²) in [6, 6.07) is 9.90. The highest BCUT2D eigenvalue weighted by Crippen LogP contribution is 2.35. The summed E-state index contributed by atoms with van der Waals surface area (Å²) in [6.45, 7) is 1.24. The maximum Gasteiger partial charge on any atom is 0.265 e. The van der Waals surface area contributed by atoms with E-state index in [0.717, 1.165) is 19.3 Å². The van der Waals surface area contributed by atoms with E-state index in [1.807, 2.05) is 0 Å². The van der Waals surface area contributed by atoms with Gasteiger partial charge in [0.25, 0.3) is 11.8 Å².